The molecule has 0 bridgehead atoms. The summed E-state index contributed by atoms with van der Waals surface area (Å²) in [7, 11) is 0. The summed E-state index contributed by atoms with van der Waals surface area (Å²) in [6, 6.07) is 1.86. The molecular formula is C10H13Cl2N3. The van der Waals surface area contributed by atoms with E-state index in [1.165, 1.54) is 12.8 Å². The maximum Gasteiger partial charge on any atom is 0.144 e. The molecule has 3 N–H and O–H groups in total. The summed E-state index contributed by atoms with van der Waals surface area (Å²) in [6.07, 6.45) is 4.05. The summed E-state index contributed by atoms with van der Waals surface area (Å²) < 4.78 is 0. The van der Waals surface area contributed by atoms with Crippen LogP contribution < -0.4 is 11.1 Å². The second kappa shape index (κ2) is 4.56. The number of anilines is 1. The van der Waals surface area contributed by atoms with E-state index < -0.39 is 0 Å². The van der Waals surface area contributed by atoms with Gasteiger partial charge in [-0.15, -0.1) is 0 Å². The molecule has 1 saturated carbocycles. The van der Waals surface area contributed by atoms with Gasteiger partial charge in [0.2, 0.25) is 0 Å². The van der Waals surface area contributed by atoms with Crippen LogP contribution in [0.3, 0.4) is 0 Å². The number of pyridine rings is 1. The Labute approximate surface area is 99.0 Å². The summed E-state index contributed by atoms with van der Waals surface area (Å²) in [5.41, 5.74) is 5.95. The smallest absolute Gasteiger partial charge is 0.144 e. The van der Waals surface area contributed by atoms with Crippen LogP contribution >= 0.6 is 23.2 Å². The highest BCUT2D eigenvalue weighted by Crippen LogP contribution is 2.31. The first kappa shape index (κ1) is 11.0. The summed E-state index contributed by atoms with van der Waals surface area (Å²) in [6.45, 7) is 0.707. The third kappa shape index (κ3) is 2.97. The topological polar surface area (TPSA) is 50.9 Å². The lowest BCUT2D eigenvalue weighted by Gasteiger charge is -2.12. The largest absolute Gasteiger partial charge is 0.367 e. The van der Waals surface area contributed by atoms with E-state index in [4.69, 9.17) is 28.9 Å². The maximum absolute atomic E-state index is 5.96. The van der Waals surface area contributed by atoms with Crippen molar-refractivity contribution < 1.29 is 0 Å². The zero-order chi connectivity index (χ0) is 10.8. The summed E-state index contributed by atoms with van der Waals surface area (Å²) in [5.74, 6) is 1.32. The van der Waals surface area contributed by atoms with Gasteiger partial charge in [0.1, 0.15) is 5.82 Å². The number of nitrogens with one attached hydrogen (secondary N) is 1. The van der Waals surface area contributed by atoms with Crippen LogP contribution in [0.15, 0.2) is 12.3 Å². The van der Waals surface area contributed by atoms with Crippen molar-refractivity contribution in [3.8, 4) is 0 Å². The number of halogens is 2. The quantitative estimate of drug-likeness (QED) is 0.858. The van der Waals surface area contributed by atoms with E-state index >= 15 is 0 Å². The van der Waals surface area contributed by atoms with Gasteiger partial charge in [-0.05, 0) is 24.8 Å². The van der Waals surface area contributed by atoms with Crippen LogP contribution in [-0.2, 0) is 0 Å². The normalized spacial score (nSPS) is 17.5. The van der Waals surface area contributed by atoms with E-state index in [9.17, 15) is 0 Å². The SMILES string of the molecule is NC(CNc1ncc(Cl)cc1Cl)C1CC1. The predicted octanol–water partition coefficient (Wildman–Crippen LogP) is 2.54. The van der Waals surface area contributed by atoms with Crippen LogP contribution in [0.4, 0.5) is 5.82 Å². The highest BCUT2D eigenvalue weighted by atomic mass is 35.5. The van der Waals surface area contributed by atoms with Gasteiger partial charge in [-0.1, -0.05) is 23.2 Å². The highest BCUT2D eigenvalue weighted by Gasteiger charge is 2.28. The van der Waals surface area contributed by atoms with Crippen LogP contribution in [0.25, 0.3) is 0 Å². The van der Waals surface area contributed by atoms with Gasteiger partial charge < -0.3 is 11.1 Å². The molecule has 1 fully saturated rings. The zero-order valence-corrected chi connectivity index (χ0v) is 9.72. The number of hydrogen-bond acceptors (Lipinski definition) is 3. The monoisotopic (exact) mass is 245 g/mol. The van der Waals surface area contributed by atoms with Crippen LogP contribution in [0, 0.1) is 5.92 Å². The van der Waals surface area contributed by atoms with Crippen molar-refractivity contribution in [2.24, 2.45) is 11.7 Å². The molecule has 0 aliphatic heterocycles. The van der Waals surface area contributed by atoms with Crippen LogP contribution in [0.2, 0.25) is 10.0 Å². The molecule has 1 unspecified atom stereocenters. The highest BCUT2D eigenvalue weighted by molar-refractivity contribution is 6.35. The molecule has 0 radical (unpaired) electrons. The summed E-state index contributed by atoms with van der Waals surface area (Å²) in [5, 5.41) is 4.21. The van der Waals surface area contributed by atoms with E-state index in [1.54, 1.807) is 12.3 Å². The number of aromatic nitrogens is 1. The first-order chi connectivity index (χ1) is 7.16. The third-order valence-corrected chi connectivity index (χ3v) is 3.04. The van der Waals surface area contributed by atoms with E-state index in [0.717, 1.165) is 0 Å². The molecule has 15 heavy (non-hydrogen) atoms. The first-order valence-electron chi connectivity index (χ1n) is 4.97. The van der Waals surface area contributed by atoms with Crippen LogP contribution in [0.1, 0.15) is 12.8 Å². The van der Waals surface area contributed by atoms with Crippen LogP contribution in [0.5, 0.6) is 0 Å². The first-order valence-corrected chi connectivity index (χ1v) is 5.73. The average Bonchev–Trinajstić information content (AvgIpc) is 2.99. The van der Waals surface area contributed by atoms with Crippen molar-refractivity contribution in [1.29, 1.82) is 0 Å². The fraction of sp³-hybridized carbons (Fsp3) is 0.500. The molecule has 0 amide bonds. The minimum absolute atomic E-state index is 0.193. The zero-order valence-electron chi connectivity index (χ0n) is 8.21. The molecule has 2 rings (SSSR count). The standard InChI is InChI=1S/C10H13Cl2N3/c11-7-3-8(12)10(14-4-7)15-5-9(13)6-1-2-6/h3-4,6,9H,1-2,5,13H2,(H,14,15). The predicted molar refractivity (Wildman–Crippen MR) is 63.4 cm³/mol. The molecular weight excluding hydrogens is 233 g/mol. The van der Waals surface area contributed by atoms with Crippen molar-refractivity contribution in [3.63, 3.8) is 0 Å². The number of hydrogen-bond donors (Lipinski definition) is 2. The fourth-order valence-electron chi connectivity index (χ4n) is 1.45. The molecule has 0 spiro atoms. The summed E-state index contributed by atoms with van der Waals surface area (Å²) >= 11 is 11.7. The molecule has 1 aromatic heterocycles. The molecule has 0 saturated heterocycles. The van der Waals surface area contributed by atoms with Gasteiger partial charge in [0.25, 0.3) is 0 Å². The lowest BCUT2D eigenvalue weighted by Crippen LogP contribution is -2.31. The Morgan fingerprint density at radius 3 is 2.87 bits per heavy atom. The Kier molecular flexibility index (Phi) is 3.34. The molecule has 3 nitrogen and oxygen atoms in total. The number of nitrogens with zero attached hydrogens (tertiary/aromatic N) is 1. The van der Waals surface area contributed by atoms with Gasteiger partial charge in [0.05, 0.1) is 10.0 Å². The molecule has 1 aliphatic carbocycles. The van der Waals surface area contributed by atoms with Crippen molar-refractivity contribution in [3.05, 3.63) is 22.3 Å². The Morgan fingerprint density at radius 2 is 2.27 bits per heavy atom. The van der Waals surface area contributed by atoms with Gasteiger partial charge in [0.15, 0.2) is 0 Å². The van der Waals surface area contributed by atoms with Gasteiger partial charge in [0, 0.05) is 18.8 Å². The lowest BCUT2D eigenvalue weighted by atomic mass is 10.2. The van der Waals surface area contributed by atoms with E-state index in [-0.39, 0.29) is 6.04 Å². The molecule has 1 atom stereocenters. The number of rotatable bonds is 4. The Morgan fingerprint density at radius 1 is 1.53 bits per heavy atom. The van der Waals surface area contributed by atoms with Gasteiger partial charge in [-0.2, -0.15) is 0 Å². The van der Waals surface area contributed by atoms with Crippen molar-refractivity contribution in [2.45, 2.75) is 18.9 Å². The Balaban J connectivity index is 1.92. The lowest BCUT2D eigenvalue weighted by molar-refractivity contribution is 0.620. The second-order valence-electron chi connectivity index (χ2n) is 3.87. The molecule has 1 aromatic rings. The minimum atomic E-state index is 0.193. The Bertz CT molecular complexity index is 353. The molecule has 1 heterocycles. The van der Waals surface area contributed by atoms with Gasteiger partial charge >= 0.3 is 0 Å². The van der Waals surface area contributed by atoms with Gasteiger partial charge in [-0.3, -0.25) is 0 Å². The minimum Gasteiger partial charge on any atom is -0.367 e. The van der Waals surface area contributed by atoms with E-state index in [1.807, 2.05) is 0 Å². The van der Waals surface area contributed by atoms with Crippen molar-refractivity contribution >= 4 is 29.0 Å². The van der Waals surface area contributed by atoms with E-state index in [0.29, 0.717) is 28.3 Å². The third-order valence-electron chi connectivity index (χ3n) is 2.54. The fourth-order valence-corrected chi connectivity index (χ4v) is 1.90. The van der Waals surface area contributed by atoms with Crippen LogP contribution in [-0.4, -0.2) is 17.6 Å². The summed E-state index contributed by atoms with van der Waals surface area (Å²) in [4.78, 5) is 4.10. The van der Waals surface area contributed by atoms with Gasteiger partial charge in [-0.25, -0.2) is 4.98 Å². The molecule has 0 aromatic carbocycles. The number of nitrogens with two attached hydrogens (primary N) is 1. The molecule has 1 aliphatic rings. The maximum atomic E-state index is 5.96. The van der Waals surface area contributed by atoms with Crippen molar-refractivity contribution in [2.75, 3.05) is 11.9 Å². The molecule has 5 heteroatoms. The molecule has 82 valence electrons. The van der Waals surface area contributed by atoms with Crippen molar-refractivity contribution in [1.82, 2.24) is 4.98 Å². The Hall–Kier alpha value is -0.510. The average molecular weight is 246 g/mol. The van der Waals surface area contributed by atoms with E-state index in [2.05, 4.69) is 10.3 Å². The second-order valence-corrected chi connectivity index (χ2v) is 4.71.